The fourth-order valence-corrected chi connectivity index (χ4v) is 3.68. The van der Waals surface area contributed by atoms with Gasteiger partial charge in [-0.2, -0.15) is 13.2 Å². The average Bonchev–Trinajstić information content (AvgIpc) is 3.04. The second kappa shape index (κ2) is 11.1. The van der Waals surface area contributed by atoms with Crippen LogP contribution in [-0.4, -0.2) is 64.2 Å². The standard InChI is InChI=1S/C19H25N3O4.C2HF3O2/c1-12(8-18(24)25)22-11-14-2-3-15(10-16(14)19(22)26)21-17(23)9-13-4-6-20-7-5-13;3-2(4,5)1(6)7/h2-3,10,12-13,20H,4-9,11H2,1H3,(H,21,23)(H,24,25);(H,6,7). The molecule has 1 aromatic carbocycles. The van der Waals surface area contributed by atoms with Gasteiger partial charge < -0.3 is 25.7 Å². The van der Waals surface area contributed by atoms with Gasteiger partial charge in [0.05, 0.1) is 6.42 Å². The Morgan fingerprint density at radius 1 is 1.21 bits per heavy atom. The van der Waals surface area contributed by atoms with E-state index in [9.17, 15) is 27.6 Å². The Morgan fingerprint density at radius 2 is 1.82 bits per heavy atom. The van der Waals surface area contributed by atoms with Gasteiger partial charge in [-0.15, -0.1) is 0 Å². The van der Waals surface area contributed by atoms with Crippen molar-refractivity contribution in [1.29, 1.82) is 0 Å². The van der Waals surface area contributed by atoms with E-state index in [0.717, 1.165) is 31.5 Å². The third-order valence-electron chi connectivity index (χ3n) is 5.40. The monoisotopic (exact) mass is 473 g/mol. The number of hydrogen-bond acceptors (Lipinski definition) is 5. The quantitative estimate of drug-likeness (QED) is 0.498. The Labute approximate surface area is 187 Å². The van der Waals surface area contributed by atoms with Crippen molar-refractivity contribution in [3.63, 3.8) is 0 Å². The predicted octanol–water partition coefficient (Wildman–Crippen LogP) is 2.47. The van der Waals surface area contributed by atoms with Crippen LogP contribution in [0.1, 0.15) is 48.5 Å². The summed E-state index contributed by atoms with van der Waals surface area (Å²) in [6, 6.07) is 4.97. The van der Waals surface area contributed by atoms with Crippen LogP contribution in [-0.2, 0) is 20.9 Å². The number of carbonyl (C=O) groups is 4. The summed E-state index contributed by atoms with van der Waals surface area (Å²) in [6.45, 7) is 4.05. The van der Waals surface area contributed by atoms with Crippen LogP contribution in [0.4, 0.5) is 18.9 Å². The first kappa shape index (κ1) is 26.1. The molecule has 0 radical (unpaired) electrons. The molecule has 1 aromatic rings. The number of aliphatic carboxylic acids is 2. The second-order valence-electron chi connectivity index (χ2n) is 8.00. The molecular formula is C21H26F3N3O6. The number of nitrogens with zero attached hydrogens (tertiary/aromatic N) is 1. The molecule has 12 heteroatoms. The van der Waals surface area contributed by atoms with E-state index in [4.69, 9.17) is 15.0 Å². The number of alkyl halides is 3. The second-order valence-corrected chi connectivity index (χ2v) is 8.00. The van der Waals surface area contributed by atoms with Crippen molar-refractivity contribution in [3.05, 3.63) is 29.3 Å². The SMILES string of the molecule is CC(CC(=O)O)N1Cc2ccc(NC(=O)CC3CCNCC3)cc2C1=O.O=C(O)C(F)(F)F. The molecule has 1 atom stereocenters. The van der Waals surface area contributed by atoms with Crippen LogP contribution in [0.15, 0.2) is 18.2 Å². The van der Waals surface area contributed by atoms with Crippen LogP contribution < -0.4 is 10.6 Å². The summed E-state index contributed by atoms with van der Waals surface area (Å²) in [5.41, 5.74) is 2.02. The lowest BCUT2D eigenvalue weighted by molar-refractivity contribution is -0.192. The highest BCUT2D eigenvalue weighted by Gasteiger charge is 2.38. The average molecular weight is 473 g/mol. The van der Waals surface area contributed by atoms with Crippen LogP contribution in [0, 0.1) is 5.92 Å². The first-order valence-corrected chi connectivity index (χ1v) is 10.3. The van der Waals surface area contributed by atoms with Crippen LogP contribution in [0.25, 0.3) is 0 Å². The predicted molar refractivity (Wildman–Crippen MR) is 111 cm³/mol. The largest absolute Gasteiger partial charge is 0.490 e. The Bertz CT molecular complexity index is 900. The number of halogens is 3. The van der Waals surface area contributed by atoms with Crippen LogP contribution in [0.3, 0.4) is 0 Å². The molecule has 1 fully saturated rings. The Balaban J connectivity index is 0.000000479. The van der Waals surface area contributed by atoms with Gasteiger partial charge in [-0.05, 0) is 56.5 Å². The molecule has 2 heterocycles. The highest BCUT2D eigenvalue weighted by Crippen LogP contribution is 2.28. The van der Waals surface area contributed by atoms with Crippen molar-refractivity contribution in [2.24, 2.45) is 5.92 Å². The zero-order chi connectivity index (χ0) is 24.8. The molecule has 9 nitrogen and oxygen atoms in total. The van der Waals surface area contributed by atoms with E-state index in [1.807, 2.05) is 6.07 Å². The van der Waals surface area contributed by atoms with E-state index in [-0.39, 0.29) is 24.3 Å². The number of amides is 2. The van der Waals surface area contributed by atoms with Gasteiger partial charge in [-0.25, -0.2) is 4.79 Å². The van der Waals surface area contributed by atoms with E-state index in [1.165, 1.54) is 0 Å². The van der Waals surface area contributed by atoms with E-state index >= 15 is 0 Å². The highest BCUT2D eigenvalue weighted by atomic mass is 19.4. The molecule has 4 N–H and O–H groups in total. The lowest BCUT2D eigenvalue weighted by atomic mass is 9.94. The number of piperidine rings is 1. The van der Waals surface area contributed by atoms with Gasteiger partial charge in [-0.3, -0.25) is 14.4 Å². The molecule has 2 aliphatic heterocycles. The first-order valence-electron chi connectivity index (χ1n) is 10.3. The number of anilines is 1. The van der Waals surface area contributed by atoms with Gasteiger partial charge in [0.15, 0.2) is 0 Å². The molecule has 0 bridgehead atoms. The van der Waals surface area contributed by atoms with Crippen molar-refractivity contribution in [2.75, 3.05) is 18.4 Å². The minimum absolute atomic E-state index is 0.0293. The van der Waals surface area contributed by atoms with Gasteiger partial charge in [0.1, 0.15) is 0 Å². The fraction of sp³-hybridized carbons (Fsp3) is 0.524. The van der Waals surface area contributed by atoms with Crippen LogP contribution in [0.2, 0.25) is 0 Å². The van der Waals surface area contributed by atoms with Crippen LogP contribution >= 0.6 is 0 Å². The molecule has 182 valence electrons. The molecule has 0 aromatic heterocycles. The molecule has 0 spiro atoms. The smallest absolute Gasteiger partial charge is 0.481 e. The topological polar surface area (TPSA) is 136 Å². The first-order chi connectivity index (χ1) is 15.4. The molecule has 3 rings (SSSR count). The number of benzene rings is 1. The summed E-state index contributed by atoms with van der Waals surface area (Å²) < 4.78 is 31.7. The number of hydrogen-bond donors (Lipinski definition) is 4. The summed E-state index contributed by atoms with van der Waals surface area (Å²) in [6.07, 6.45) is -2.66. The molecule has 33 heavy (non-hydrogen) atoms. The van der Waals surface area contributed by atoms with Crippen molar-refractivity contribution >= 4 is 29.4 Å². The molecule has 0 aliphatic carbocycles. The molecule has 2 aliphatic rings. The molecule has 1 saturated heterocycles. The van der Waals surface area contributed by atoms with Gasteiger partial charge in [0.2, 0.25) is 5.91 Å². The van der Waals surface area contributed by atoms with Gasteiger partial charge in [0, 0.05) is 30.3 Å². The zero-order valence-electron chi connectivity index (χ0n) is 17.9. The number of carbonyl (C=O) groups excluding carboxylic acids is 2. The third kappa shape index (κ3) is 7.74. The molecule has 1 unspecified atom stereocenters. The van der Waals surface area contributed by atoms with E-state index in [1.54, 1.807) is 24.0 Å². The fourth-order valence-electron chi connectivity index (χ4n) is 3.68. The minimum Gasteiger partial charge on any atom is -0.481 e. The Hall–Kier alpha value is -3.15. The van der Waals surface area contributed by atoms with Crippen molar-refractivity contribution in [1.82, 2.24) is 10.2 Å². The number of nitrogens with one attached hydrogen (secondary N) is 2. The molecule has 0 saturated carbocycles. The number of rotatable bonds is 6. The Kier molecular flexibility index (Phi) is 8.80. The lowest BCUT2D eigenvalue weighted by Gasteiger charge is -2.22. The Morgan fingerprint density at radius 3 is 2.36 bits per heavy atom. The number of carboxylic acids is 2. The minimum atomic E-state index is -5.08. The van der Waals surface area contributed by atoms with Crippen LogP contribution in [0.5, 0.6) is 0 Å². The maximum Gasteiger partial charge on any atom is 0.490 e. The third-order valence-corrected chi connectivity index (χ3v) is 5.40. The summed E-state index contributed by atoms with van der Waals surface area (Å²) in [5.74, 6) is -3.49. The van der Waals surface area contributed by atoms with E-state index in [2.05, 4.69) is 10.6 Å². The normalized spacial score (nSPS) is 17.0. The summed E-state index contributed by atoms with van der Waals surface area (Å²) in [5, 5.41) is 22.2. The van der Waals surface area contributed by atoms with Crippen molar-refractivity contribution in [2.45, 2.75) is 51.4 Å². The maximum absolute atomic E-state index is 12.6. The van der Waals surface area contributed by atoms with Crippen molar-refractivity contribution in [3.8, 4) is 0 Å². The molecule has 2 amide bonds. The summed E-state index contributed by atoms with van der Waals surface area (Å²) in [4.78, 5) is 46.2. The number of carboxylic acid groups (broad SMARTS) is 2. The summed E-state index contributed by atoms with van der Waals surface area (Å²) in [7, 11) is 0. The summed E-state index contributed by atoms with van der Waals surface area (Å²) >= 11 is 0. The lowest BCUT2D eigenvalue weighted by Crippen LogP contribution is -2.34. The van der Waals surface area contributed by atoms with Gasteiger partial charge in [-0.1, -0.05) is 6.07 Å². The number of fused-ring (bicyclic) bond motifs is 1. The van der Waals surface area contributed by atoms with Crippen molar-refractivity contribution < 1.29 is 42.6 Å². The van der Waals surface area contributed by atoms with E-state index < -0.39 is 18.1 Å². The highest BCUT2D eigenvalue weighted by molar-refractivity contribution is 6.01. The zero-order valence-corrected chi connectivity index (χ0v) is 17.9. The van der Waals surface area contributed by atoms with Gasteiger partial charge >= 0.3 is 18.1 Å². The van der Waals surface area contributed by atoms with E-state index in [0.29, 0.717) is 30.1 Å². The maximum atomic E-state index is 12.6. The molecular weight excluding hydrogens is 447 g/mol. The van der Waals surface area contributed by atoms with Gasteiger partial charge in [0.25, 0.3) is 5.91 Å².